The van der Waals surface area contributed by atoms with Crippen LogP contribution in [0.25, 0.3) is 0 Å². The smallest absolute Gasteiger partial charge is 0.407 e. The Balaban J connectivity index is 2.60. The van der Waals surface area contributed by atoms with Gasteiger partial charge in [-0.1, -0.05) is 24.3 Å². The summed E-state index contributed by atoms with van der Waals surface area (Å²) < 4.78 is 5.03. The van der Waals surface area contributed by atoms with Crippen molar-refractivity contribution in [3.8, 4) is 6.07 Å². The molecule has 0 saturated carbocycles. The third-order valence-corrected chi connectivity index (χ3v) is 3.03. The Labute approximate surface area is 140 Å². The van der Waals surface area contributed by atoms with Crippen LogP contribution in [0.15, 0.2) is 24.3 Å². The molecule has 0 aromatic heterocycles. The van der Waals surface area contributed by atoms with Gasteiger partial charge >= 0.3 is 6.09 Å². The van der Waals surface area contributed by atoms with Crippen LogP contribution in [0.1, 0.15) is 49.2 Å². The lowest BCUT2D eigenvalue weighted by molar-refractivity contribution is 0.0129. The number of carbonyl (C=O) groups excluding carboxylic acids is 2. The number of Topliss-reactive ketones (excluding diaryl/α,β-unsaturated/α-hetero) is 1. The van der Waals surface area contributed by atoms with Crippen molar-refractivity contribution in [2.45, 2.75) is 45.0 Å². The van der Waals surface area contributed by atoms with Gasteiger partial charge in [0.1, 0.15) is 17.8 Å². The van der Waals surface area contributed by atoms with Crippen LogP contribution in [-0.4, -0.2) is 40.3 Å². The van der Waals surface area contributed by atoms with E-state index in [1.807, 2.05) is 0 Å². The molecule has 1 aromatic carbocycles. The molecule has 2 atom stereocenters. The number of rotatable bonds is 6. The van der Waals surface area contributed by atoms with Crippen LogP contribution < -0.4 is 5.32 Å². The van der Waals surface area contributed by atoms with Crippen LogP contribution in [0.3, 0.4) is 0 Å². The second-order valence-electron chi connectivity index (χ2n) is 6.28. The van der Waals surface area contributed by atoms with Crippen molar-refractivity contribution in [2.75, 3.05) is 6.54 Å². The fraction of sp³-hybridized carbons (Fsp3) is 0.471. The van der Waals surface area contributed by atoms with E-state index < -0.39 is 23.9 Å². The van der Waals surface area contributed by atoms with Crippen LogP contribution >= 0.6 is 0 Å². The number of benzene rings is 1. The van der Waals surface area contributed by atoms with Crippen LogP contribution in [0.2, 0.25) is 0 Å². The summed E-state index contributed by atoms with van der Waals surface area (Å²) in [5.74, 6) is -0.314. The van der Waals surface area contributed by atoms with E-state index >= 15 is 0 Å². The first kappa shape index (κ1) is 19.6. The molecule has 0 heterocycles. The summed E-state index contributed by atoms with van der Waals surface area (Å²) in [6.07, 6.45) is -3.38. The highest BCUT2D eigenvalue weighted by Crippen LogP contribution is 2.18. The lowest BCUT2D eigenvalue weighted by Crippen LogP contribution is -2.38. The molecule has 1 amide bonds. The van der Waals surface area contributed by atoms with E-state index in [1.165, 1.54) is 24.3 Å². The third kappa shape index (κ3) is 6.36. The predicted octanol–water partition coefficient (Wildman–Crippen LogP) is 1.70. The van der Waals surface area contributed by atoms with E-state index in [0.29, 0.717) is 11.1 Å². The van der Waals surface area contributed by atoms with Crippen molar-refractivity contribution in [3.63, 3.8) is 0 Å². The van der Waals surface area contributed by atoms with E-state index in [0.717, 1.165) is 0 Å². The molecule has 3 N–H and O–H groups in total. The topological polar surface area (TPSA) is 120 Å². The van der Waals surface area contributed by atoms with Gasteiger partial charge in [0.25, 0.3) is 0 Å². The molecule has 0 bridgehead atoms. The number of nitrogens with zero attached hydrogens (tertiary/aromatic N) is 1. The normalized spacial score (nSPS) is 13.5. The van der Waals surface area contributed by atoms with Gasteiger partial charge < -0.3 is 20.3 Å². The summed E-state index contributed by atoms with van der Waals surface area (Å²) in [5, 5.41) is 30.9. The number of ether oxygens (including phenoxy) is 1. The standard InChI is InChI=1S/C17H22N2O5/c1-17(2,3)24-16(23)19-10-14(21)15(22)12-6-4-11(5-7-12)13(20)8-9-18/h4-7,14-15,21-22H,8,10H2,1-3H3,(H,19,23). The number of hydrogen-bond donors (Lipinski definition) is 3. The van der Waals surface area contributed by atoms with E-state index in [1.54, 1.807) is 26.8 Å². The lowest BCUT2D eigenvalue weighted by Gasteiger charge is -2.22. The maximum Gasteiger partial charge on any atom is 0.407 e. The summed E-state index contributed by atoms with van der Waals surface area (Å²) in [7, 11) is 0. The Bertz CT molecular complexity index is 613. The zero-order chi connectivity index (χ0) is 18.3. The van der Waals surface area contributed by atoms with Crippen LogP contribution in [0.4, 0.5) is 4.79 Å². The first-order chi connectivity index (χ1) is 11.1. The molecular weight excluding hydrogens is 312 g/mol. The van der Waals surface area contributed by atoms with Crippen molar-refractivity contribution in [1.29, 1.82) is 5.26 Å². The first-order valence-electron chi connectivity index (χ1n) is 7.47. The monoisotopic (exact) mass is 334 g/mol. The molecule has 0 aliphatic carbocycles. The predicted molar refractivity (Wildman–Crippen MR) is 86.2 cm³/mol. The minimum atomic E-state index is -1.24. The zero-order valence-electron chi connectivity index (χ0n) is 13.9. The summed E-state index contributed by atoms with van der Waals surface area (Å²) in [4.78, 5) is 23.1. The molecule has 0 aliphatic rings. The Morgan fingerprint density at radius 1 is 1.25 bits per heavy atom. The first-order valence-corrected chi connectivity index (χ1v) is 7.47. The Hall–Kier alpha value is -2.43. The van der Waals surface area contributed by atoms with Gasteiger partial charge in [-0.05, 0) is 26.3 Å². The number of nitriles is 1. The second kappa shape index (κ2) is 8.43. The molecule has 24 heavy (non-hydrogen) atoms. The minimum absolute atomic E-state index is 0.189. The lowest BCUT2D eigenvalue weighted by atomic mass is 10.0. The van der Waals surface area contributed by atoms with Crippen molar-refractivity contribution in [2.24, 2.45) is 0 Å². The van der Waals surface area contributed by atoms with Crippen molar-refractivity contribution in [1.82, 2.24) is 5.32 Å². The number of ketones is 1. The second-order valence-corrected chi connectivity index (χ2v) is 6.28. The molecule has 7 heteroatoms. The number of alkyl carbamates (subject to hydrolysis) is 1. The molecule has 0 fully saturated rings. The number of aliphatic hydroxyl groups is 2. The van der Waals surface area contributed by atoms with Crippen molar-refractivity contribution in [3.05, 3.63) is 35.4 Å². The Morgan fingerprint density at radius 3 is 2.33 bits per heavy atom. The van der Waals surface area contributed by atoms with Gasteiger partial charge in [-0.25, -0.2) is 4.79 Å². The molecule has 0 aliphatic heterocycles. The molecule has 0 spiro atoms. The SMILES string of the molecule is CC(C)(C)OC(=O)NCC(O)C(O)c1ccc(C(=O)CC#N)cc1. The van der Waals surface area contributed by atoms with Crippen LogP contribution in [-0.2, 0) is 4.74 Å². The highest BCUT2D eigenvalue weighted by atomic mass is 16.6. The van der Waals surface area contributed by atoms with E-state index in [2.05, 4.69) is 5.32 Å². The molecule has 130 valence electrons. The molecule has 0 radical (unpaired) electrons. The Morgan fingerprint density at radius 2 is 1.83 bits per heavy atom. The third-order valence-electron chi connectivity index (χ3n) is 3.03. The fourth-order valence-corrected chi connectivity index (χ4v) is 1.88. The average Bonchev–Trinajstić information content (AvgIpc) is 2.50. The molecule has 0 saturated heterocycles. The summed E-state index contributed by atoms with van der Waals surface area (Å²) in [6.45, 7) is 4.96. The molecule has 1 rings (SSSR count). The highest BCUT2D eigenvalue weighted by Gasteiger charge is 2.21. The van der Waals surface area contributed by atoms with Gasteiger partial charge in [-0.15, -0.1) is 0 Å². The number of aliphatic hydroxyl groups excluding tert-OH is 2. The molecule has 2 unspecified atom stereocenters. The van der Waals surface area contributed by atoms with Crippen molar-refractivity contribution >= 4 is 11.9 Å². The van der Waals surface area contributed by atoms with Gasteiger partial charge in [0.2, 0.25) is 0 Å². The number of amides is 1. The largest absolute Gasteiger partial charge is 0.444 e. The van der Waals surface area contributed by atoms with E-state index in [-0.39, 0.29) is 18.7 Å². The number of hydrogen-bond acceptors (Lipinski definition) is 6. The molecule has 7 nitrogen and oxygen atoms in total. The van der Waals surface area contributed by atoms with Crippen LogP contribution in [0.5, 0.6) is 0 Å². The fourth-order valence-electron chi connectivity index (χ4n) is 1.88. The van der Waals surface area contributed by atoms with Crippen LogP contribution in [0, 0.1) is 11.3 Å². The zero-order valence-corrected chi connectivity index (χ0v) is 13.9. The molecular formula is C17H22N2O5. The van der Waals surface area contributed by atoms with Gasteiger partial charge in [0.15, 0.2) is 5.78 Å². The van der Waals surface area contributed by atoms with Gasteiger partial charge in [-0.3, -0.25) is 4.79 Å². The summed E-state index contributed by atoms with van der Waals surface area (Å²) in [6, 6.07) is 7.71. The number of nitrogens with one attached hydrogen (secondary N) is 1. The average molecular weight is 334 g/mol. The van der Waals surface area contributed by atoms with E-state index in [4.69, 9.17) is 10.00 Å². The highest BCUT2D eigenvalue weighted by molar-refractivity contribution is 5.97. The quantitative estimate of drug-likeness (QED) is 0.681. The number of carbonyl (C=O) groups is 2. The van der Waals surface area contributed by atoms with Gasteiger partial charge in [-0.2, -0.15) is 5.26 Å². The minimum Gasteiger partial charge on any atom is -0.444 e. The summed E-state index contributed by atoms with van der Waals surface area (Å²) >= 11 is 0. The maximum atomic E-state index is 11.6. The summed E-state index contributed by atoms with van der Waals surface area (Å²) in [5.41, 5.74) is 0.0928. The van der Waals surface area contributed by atoms with Gasteiger partial charge in [0, 0.05) is 12.1 Å². The molecule has 1 aromatic rings. The van der Waals surface area contributed by atoms with E-state index in [9.17, 15) is 19.8 Å². The maximum absolute atomic E-state index is 11.6. The Kier molecular flexibility index (Phi) is 6.89. The van der Waals surface area contributed by atoms with Crippen molar-refractivity contribution < 1.29 is 24.5 Å². The van der Waals surface area contributed by atoms with Gasteiger partial charge in [0.05, 0.1) is 12.5 Å².